The minimum Gasteiger partial charge on any atom is -0.356 e. The van der Waals surface area contributed by atoms with Gasteiger partial charge in [-0.05, 0) is 70.3 Å². The second-order valence-corrected chi connectivity index (χ2v) is 9.38. The zero-order chi connectivity index (χ0) is 19.9. The Labute approximate surface area is 163 Å². The molecule has 6 nitrogen and oxygen atoms in total. The highest BCUT2D eigenvalue weighted by Crippen LogP contribution is 2.16. The number of nitrogens with zero attached hydrogens (tertiary/aromatic N) is 1. The average molecular weight is 396 g/mol. The minimum absolute atomic E-state index is 0.103. The standard InChI is InChI=1S/C20H33N3O3S/c1-16-8-13-23(14-9-16)12-4-10-21-20(24)7-11-22-27(25,26)19-6-5-17(2)15-18(19)3/h5-6,15-16,22H,4,7-14H2,1-3H3,(H,21,24). The monoisotopic (exact) mass is 395 g/mol. The van der Waals surface area contributed by atoms with E-state index in [-0.39, 0.29) is 23.8 Å². The van der Waals surface area contributed by atoms with Gasteiger partial charge in [-0.2, -0.15) is 0 Å². The second kappa shape index (κ2) is 10.2. The van der Waals surface area contributed by atoms with E-state index in [0.29, 0.717) is 12.1 Å². The van der Waals surface area contributed by atoms with E-state index < -0.39 is 10.0 Å². The lowest BCUT2D eigenvalue weighted by molar-refractivity contribution is -0.120. The van der Waals surface area contributed by atoms with Crippen LogP contribution in [0.1, 0.15) is 43.7 Å². The molecule has 1 aliphatic heterocycles. The van der Waals surface area contributed by atoms with E-state index in [1.807, 2.05) is 13.0 Å². The number of carbonyl (C=O) groups excluding carboxylic acids is 1. The number of likely N-dealkylation sites (tertiary alicyclic amines) is 1. The zero-order valence-electron chi connectivity index (χ0n) is 16.8. The van der Waals surface area contributed by atoms with Gasteiger partial charge in [-0.15, -0.1) is 0 Å². The van der Waals surface area contributed by atoms with Crippen LogP contribution in [0.15, 0.2) is 23.1 Å². The molecular weight excluding hydrogens is 362 g/mol. The topological polar surface area (TPSA) is 78.5 Å². The van der Waals surface area contributed by atoms with Crippen LogP contribution in [0.4, 0.5) is 0 Å². The first kappa shape index (κ1) is 21.9. The van der Waals surface area contributed by atoms with Crippen molar-refractivity contribution in [2.24, 2.45) is 5.92 Å². The third-order valence-electron chi connectivity index (χ3n) is 5.11. The Bertz CT molecular complexity index is 726. The number of hydrogen-bond acceptors (Lipinski definition) is 4. The van der Waals surface area contributed by atoms with Gasteiger partial charge >= 0.3 is 0 Å². The van der Waals surface area contributed by atoms with E-state index in [2.05, 4.69) is 21.9 Å². The molecule has 7 heteroatoms. The Hall–Kier alpha value is -1.44. The Balaban J connectivity index is 1.64. The molecule has 1 fully saturated rings. The molecular formula is C20H33N3O3S. The molecule has 0 spiro atoms. The molecule has 1 amide bonds. The van der Waals surface area contributed by atoms with Gasteiger partial charge in [0, 0.05) is 19.5 Å². The van der Waals surface area contributed by atoms with Crippen LogP contribution in [-0.4, -0.2) is 51.9 Å². The van der Waals surface area contributed by atoms with Gasteiger partial charge in [-0.25, -0.2) is 13.1 Å². The summed E-state index contributed by atoms with van der Waals surface area (Å²) in [5.74, 6) is 0.707. The molecule has 1 saturated heterocycles. The summed E-state index contributed by atoms with van der Waals surface area (Å²) < 4.78 is 27.2. The van der Waals surface area contributed by atoms with Crippen LogP contribution in [0, 0.1) is 19.8 Å². The van der Waals surface area contributed by atoms with Gasteiger partial charge in [0.1, 0.15) is 0 Å². The fraction of sp³-hybridized carbons (Fsp3) is 0.650. The number of benzene rings is 1. The summed E-state index contributed by atoms with van der Waals surface area (Å²) in [4.78, 5) is 14.6. The molecule has 0 saturated carbocycles. The average Bonchev–Trinajstić information content (AvgIpc) is 2.59. The second-order valence-electron chi connectivity index (χ2n) is 7.64. The first-order chi connectivity index (χ1) is 12.8. The number of piperidine rings is 1. The van der Waals surface area contributed by atoms with Crippen molar-refractivity contribution < 1.29 is 13.2 Å². The van der Waals surface area contributed by atoms with Crippen LogP contribution in [0.2, 0.25) is 0 Å². The van der Waals surface area contributed by atoms with Gasteiger partial charge in [0.2, 0.25) is 15.9 Å². The number of sulfonamides is 1. The van der Waals surface area contributed by atoms with Crippen molar-refractivity contribution in [1.29, 1.82) is 0 Å². The summed E-state index contributed by atoms with van der Waals surface area (Å²) in [5.41, 5.74) is 1.73. The summed E-state index contributed by atoms with van der Waals surface area (Å²) in [7, 11) is -3.58. The number of amides is 1. The van der Waals surface area contributed by atoms with Crippen molar-refractivity contribution >= 4 is 15.9 Å². The molecule has 0 unspecified atom stereocenters. The zero-order valence-corrected chi connectivity index (χ0v) is 17.6. The van der Waals surface area contributed by atoms with Gasteiger partial charge in [-0.1, -0.05) is 24.6 Å². The molecule has 0 aliphatic carbocycles. The number of carbonyl (C=O) groups is 1. The lowest BCUT2D eigenvalue weighted by atomic mass is 9.99. The van der Waals surface area contributed by atoms with Crippen molar-refractivity contribution in [2.45, 2.75) is 51.3 Å². The molecule has 2 rings (SSSR count). The molecule has 27 heavy (non-hydrogen) atoms. The summed E-state index contributed by atoms with van der Waals surface area (Å²) in [6.45, 7) is 10.0. The van der Waals surface area contributed by atoms with Gasteiger partial charge in [0.15, 0.2) is 0 Å². The predicted octanol–water partition coefficient (Wildman–Crippen LogP) is 2.21. The van der Waals surface area contributed by atoms with E-state index in [1.165, 1.54) is 12.8 Å². The van der Waals surface area contributed by atoms with Crippen LogP contribution in [0.25, 0.3) is 0 Å². The van der Waals surface area contributed by atoms with E-state index >= 15 is 0 Å². The predicted molar refractivity (Wildman–Crippen MR) is 108 cm³/mol. The Morgan fingerprint density at radius 1 is 1.19 bits per heavy atom. The van der Waals surface area contributed by atoms with Crippen LogP contribution in [-0.2, 0) is 14.8 Å². The highest BCUT2D eigenvalue weighted by atomic mass is 32.2. The summed E-state index contributed by atoms with van der Waals surface area (Å²) in [6.07, 6.45) is 3.58. The highest BCUT2D eigenvalue weighted by molar-refractivity contribution is 7.89. The van der Waals surface area contributed by atoms with Crippen molar-refractivity contribution in [1.82, 2.24) is 14.9 Å². The van der Waals surface area contributed by atoms with Crippen LogP contribution >= 0.6 is 0 Å². The molecule has 0 radical (unpaired) electrons. The van der Waals surface area contributed by atoms with Crippen molar-refractivity contribution in [3.63, 3.8) is 0 Å². The van der Waals surface area contributed by atoms with E-state index in [1.54, 1.807) is 19.1 Å². The molecule has 1 aliphatic rings. The molecule has 0 aromatic heterocycles. The highest BCUT2D eigenvalue weighted by Gasteiger charge is 2.17. The lowest BCUT2D eigenvalue weighted by Gasteiger charge is -2.30. The molecule has 1 aromatic rings. The maximum absolute atomic E-state index is 12.4. The fourth-order valence-corrected chi connectivity index (χ4v) is 4.64. The van der Waals surface area contributed by atoms with Gasteiger partial charge in [0.05, 0.1) is 4.90 Å². The van der Waals surface area contributed by atoms with Crippen molar-refractivity contribution in [3.8, 4) is 0 Å². The third kappa shape index (κ3) is 7.24. The summed E-state index contributed by atoms with van der Waals surface area (Å²) in [6, 6.07) is 5.22. The SMILES string of the molecule is Cc1ccc(S(=O)(=O)NCCC(=O)NCCCN2CCC(C)CC2)c(C)c1. The van der Waals surface area contributed by atoms with E-state index in [4.69, 9.17) is 0 Å². The maximum Gasteiger partial charge on any atom is 0.240 e. The summed E-state index contributed by atoms with van der Waals surface area (Å²) >= 11 is 0. The first-order valence-corrected chi connectivity index (χ1v) is 11.3. The number of nitrogens with one attached hydrogen (secondary N) is 2. The Morgan fingerprint density at radius 3 is 2.56 bits per heavy atom. The van der Waals surface area contributed by atoms with Crippen molar-refractivity contribution in [3.05, 3.63) is 29.3 Å². The van der Waals surface area contributed by atoms with Crippen LogP contribution in [0.5, 0.6) is 0 Å². The number of hydrogen-bond donors (Lipinski definition) is 2. The molecule has 2 N–H and O–H groups in total. The molecule has 1 heterocycles. The van der Waals surface area contributed by atoms with Crippen LogP contribution < -0.4 is 10.0 Å². The van der Waals surface area contributed by atoms with Gasteiger partial charge in [-0.3, -0.25) is 4.79 Å². The minimum atomic E-state index is -3.58. The number of aryl methyl sites for hydroxylation is 2. The maximum atomic E-state index is 12.4. The Kier molecular flexibility index (Phi) is 8.26. The molecule has 0 atom stereocenters. The molecule has 152 valence electrons. The number of rotatable bonds is 9. The normalized spacial score (nSPS) is 16.4. The van der Waals surface area contributed by atoms with Crippen LogP contribution in [0.3, 0.4) is 0 Å². The summed E-state index contributed by atoms with van der Waals surface area (Å²) in [5, 5.41) is 2.88. The molecule has 0 bridgehead atoms. The first-order valence-electron chi connectivity index (χ1n) is 9.84. The Morgan fingerprint density at radius 2 is 1.89 bits per heavy atom. The smallest absolute Gasteiger partial charge is 0.240 e. The lowest BCUT2D eigenvalue weighted by Crippen LogP contribution is -2.36. The fourth-order valence-electron chi connectivity index (χ4n) is 3.38. The quantitative estimate of drug-likeness (QED) is 0.629. The van der Waals surface area contributed by atoms with E-state index in [9.17, 15) is 13.2 Å². The van der Waals surface area contributed by atoms with Gasteiger partial charge < -0.3 is 10.2 Å². The van der Waals surface area contributed by atoms with Gasteiger partial charge in [0.25, 0.3) is 0 Å². The third-order valence-corrected chi connectivity index (χ3v) is 6.73. The van der Waals surface area contributed by atoms with E-state index in [0.717, 1.165) is 37.5 Å². The molecule has 1 aromatic carbocycles. The van der Waals surface area contributed by atoms with Crippen molar-refractivity contribution in [2.75, 3.05) is 32.7 Å². The largest absolute Gasteiger partial charge is 0.356 e.